The van der Waals surface area contributed by atoms with Crippen molar-refractivity contribution in [3.8, 4) is 11.8 Å². The average molecular weight is 241 g/mol. The predicted octanol–water partition coefficient (Wildman–Crippen LogP) is 3.56. The van der Waals surface area contributed by atoms with Crippen molar-refractivity contribution in [3.63, 3.8) is 0 Å². The SMILES string of the molecule is N#Cc1cccc(CSc2cccc(O)c2)c1. The smallest absolute Gasteiger partial charge is 0.116 e. The second-order valence-corrected chi connectivity index (χ2v) is 4.65. The summed E-state index contributed by atoms with van der Waals surface area (Å²) in [6, 6.07) is 16.9. The minimum absolute atomic E-state index is 0.278. The Labute approximate surface area is 105 Å². The van der Waals surface area contributed by atoms with E-state index in [4.69, 9.17) is 5.26 Å². The Balaban J connectivity index is 2.05. The van der Waals surface area contributed by atoms with E-state index in [9.17, 15) is 5.11 Å². The van der Waals surface area contributed by atoms with Gasteiger partial charge in [-0.2, -0.15) is 5.26 Å². The van der Waals surface area contributed by atoms with E-state index >= 15 is 0 Å². The number of phenolic OH excluding ortho intramolecular Hbond substituents is 1. The summed E-state index contributed by atoms with van der Waals surface area (Å²) in [4.78, 5) is 1.02. The highest BCUT2D eigenvalue weighted by molar-refractivity contribution is 7.98. The maximum Gasteiger partial charge on any atom is 0.116 e. The van der Waals surface area contributed by atoms with Crippen LogP contribution in [0.25, 0.3) is 0 Å². The first kappa shape index (κ1) is 11.6. The summed E-state index contributed by atoms with van der Waals surface area (Å²) >= 11 is 1.64. The molecule has 2 aromatic rings. The molecule has 0 aliphatic heterocycles. The second kappa shape index (κ2) is 5.42. The Hall–Kier alpha value is -1.92. The quantitative estimate of drug-likeness (QED) is 0.836. The number of hydrogen-bond acceptors (Lipinski definition) is 3. The van der Waals surface area contributed by atoms with Crippen LogP contribution in [0.5, 0.6) is 5.75 Å². The summed E-state index contributed by atoms with van der Waals surface area (Å²) in [5, 5.41) is 18.1. The molecule has 17 heavy (non-hydrogen) atoms. The highest BCUT2D eigenvalue weighted by Gasteiger charge is 1.98. The molecule has 84 valence electrons. The lowest BCUT2D eigenvalue weighted by Crippen LogP contribution is -1.82. The van der Waals surface area contributed by atoms with Gasteiger partial charge in [-0.25, -0.2) is 0 Å². The Kier molecular flexibility index (Phi) is 3.69. The third kappa shape index (κ3) is 3.27. The topological polar surface area (TPSA) is 44.0 Å². The second-order valence-electron chi connectivity index (χ2n) is 3.60. The van der Waals surface area contributed by atoms with Crippen molar-refractivity contribution in [2.45, 2.75) is 10.6 Å². The van der Waals surface area contributed by atoms with Gasteiger partial charge in [-0.15, -0.1) is 11.8 Å². The van der Waals surface area contributed by atoms with Gasteiger partial charge in [-0.1, -0.05) is 18.2 Å². The van der Waals surface area contributed by atoms with Crippen LogP contribution in [-0.4, -0.2) is 5.11 Å². The first-order valence-electron chi connectivity index (χ1n) is 5.19. The van der Waals surface area contributed by atoms with E-state index < -0.39 is 0 Å². The first-order valence-corrected chi connectivity index (χ1v) is 6.17. The lowest BCUT2D eigenvalue weighted by Gasteiger charge is -2.02. The fourth-order valence-electron chi connectivity index (χ4n) is 1.47. The molecule has 3 heteroatoms. The number of benzene rings is 2. The maximum absolute atomic E-state index is 9.34. The van der Waals surface area contributed by atoms with Gasteiger partial charge in [-0.05, 0) is 35.9 Å². The number of rotatable bonds is 3. The van der Waals surface area contributed by atoms with E-state index in [0.29, 0.717) is 5.56 Å². The molecule has 0 spiro atoms. The van der Waals surface area contributed by atoms with Crippen LogP contribution in [-0.2, 0) is 5.75 Å². The monoisotopic (exact) mass is 241 g/mol. The van der Waals surface area contributed by atoms with Gasteiger partial charge in [-0.3, -0.25) is 0 Å². The Morgan fingerprint density at radius 2 is 1.94 bits per heavy atom. The van der Waals surface area contributed by atoms with Crippen LogP contribution in [0.15, 0.2) is 53.4 Å². The molecule has 0 atom stereocenters. The van der Waals surface area contributed by atoms with Gasteiger partial charge in [0.25, 0.3) is 0 Å². The number of thioether (sulfide) groups is 1. The van der Waals surface area contributed by atoms with Crippen LogP contribution < -0.4 is 0 Å². The molecule has 0 unspecified atom stereocenters. The van der Waals surface area contributed by atoms with Gasteiger partial charge in [0.1, 0.15) is 5.75 Å². The summed E-state index contributed by atoms with van der Waals surface area (Å²) in [5.74, 6) is 1.07. The molecule has 0 heterocycles. The van der Waals surface area contributed by atoms with Gasteiger partial charge in [0, 0.05) is 10.6 Å². The summed E-state index contributed by atoms with van der Waals surface area (Å²) < 4.78 is 0. The highest BCUT2D eigenvalue weighted by atomic mass is 32.2. The van der Waals surface area contributed by atoms with Crippen molar-refractivity contribution in [1.82, 2.24) is 0 Å². The number of hydrogen-bond donors (Lipinski definition) is 1. The third-order valence-electron chi connectivity index (χ3n) is 2.28. The molecular weight excluding hydrogens is 230 g/mol. The van der Waals surface area contributed by atoms with E-state index in [1.54, 1.807) is 30.0 Å². The number of nitriles is 1. The van der Waals surface area contributed by atoms with E-state index in [1.165, 1.54) is 0 Å². The zero-order valence-corrected chi connectivity index (χ0v) is 9.95. The molecule has 0 bridgehead atoms. The summed E-state index contributed by atoms with van der Waals surface area (Å²) in [7, 11) is 0. The van der Waals surface area contributed by atoms with Gasteiger partial charge in [0.15, 0.2) is 0 Å². The van der Waals surface area contributed by atoms with Gasteiger partial charge in [0.2, 0.25) is 0 Å². The molecular formula is C14H11NOS. The van der Waals surface area contributed by atoms with Crippen LogP contribution in [0.4, 0.5) is 0 Å². The van der Waals surface area contributed by atoms with Crippen LogP contribution in [0.3, 0.4) is 0 Å². The molecule has 0 amide bonds. The minimum Gasteiger partial charge on any atom is -0.508 e. The van der Waals surface area contributed by atoms with Crippen molar-refractivity contribution >= 4 is 11.8 Å². The molecule has 1 N–H and O–H groups in total. The Bertz CT molecular complexity index is 560. The number of phenols is 1. The molecule has 2 aromatic carbocycles. The third-order valence-corrected chi connectivity index (χ3v) is 3.34. The molecule has 0 radical (unpaired) electrons. The molecule has 0 saturated heterocycles. The van der Waals surface area contributed by atoms with Crippen LogP contribution in [0.2, 0.25) is 0 Å². The largest absolute Gasteiger partial charge is 0.508 e. The zero-order chi connectivity index (χ0) is 12.1. The highest BCUT2D eigenvalue weighted by Crippen LogP contribution is 2.25. The number of aromatic hydroxyl groups is 1. The first-order chi connectivity index (χ1) is 8.28. The molecule has 0 aliphatic carbocycles. The van der Waals surface area contributed by atoms with Gasteiger partial charge < -0.3 is 5.11 Å². The molecule has 0 fully saturated rings. The lowest BCUT2D eigenvalue weighted by molar-refractivity contribution is 0.474. The van der Waals surface area contributed by atoms with Gasteiger partial charge in [0.05, 0.1) is 11.6 Å². The van der Waals surface area contributed by atoms with Crippen LogP contribution in [0, 0.1) is 11.3 Å². The summed E-state index contributed by atoms with van der Waals surface area (Å²) in [6.45, 7) is 0. The Morgan fingerprint density at radius 3 is 2.71 bits per heavy atom. The van der Waals surface area contributed by atoms with E-state index in [1.807, 2.05) is 30.3 Å². The lowest BCUT2D eigenvalue weighted by atomic mass is 10.2. The van der Waals surface area contributed by atoms with Crippen molar-refractivity contribution in [1.29, 1.82) is 5.26 Å². The molecule has 2 nitrogen and oxygen atoms in total. The summed E-state index contributed by atoms with van der Waals surface area (Å²) in [5.41, 5.74) is 1.79. The normalized spacial score (nSPS) is 9.82. The van der Waals surface area contributed by atoms with Crippen LogP contribution in [0.1, 0.15) is 11.1 Å². The molecule has 0 aromatic heterocycles. The fourth-order valence-corrected chi connectivity index (χ4v) is 2.36. The predicted molar refractivity (Wildman–Crippen MR) is 68.8 cm³/mol. The fraction of sp³-hybridized carbons (Fsp3) is 0.0714. The van der Waals surface area contributed by atoms with Crippen molar-refractivity contribution in [2.75, 3.05) is 0 Å². The molecule has 2 rings (SSSR count). The maximum atomic E-state index is 9.34. The van der Waals surface area contributed by atoms with E-state index in [-0.39, 0.29) is 5.75 Å². The van der Waals surface area contributed by atoms with Crippen molar-refractivity contribution in [3.05, 3.63) is 59.7 Å². The molecule has 0 aliphatic rings. The van der Waals surface area contributed by atoms with Crippen molar-refractivity contribution in [2.24, 2.45) is 0 Å². The van der Waals surface area contributed by atoms with Crippen LogP contribution >= 0.6 is 11.8 Å². The zero-order valence-electron chi connectivity index (χ0n) is 9.13. The standard InChI is InChI=1S/C14H11NOS/c15-9-11-3-1-4-12(7-11)10-17-14-6-2-5-13(16)8-14/h1-8,16H,10H2. The number of nitrogens with zero attached hydrogens (tertiary/aromatic N) is 1. The van der Waals surface area contributed by atoms with E-state index in [0.717, 1.165) is 16.2 Å². The van der Waals surface area contributed by atoms with Crippen molar-refractivity contribution < 1.29 is 5.11 Å². The Morgan fingerprint density at radius 1 is 1.12 bits per heavy atom. The average Bonchev–Trinajstić information content (AvgIpc) is 2.37. The minimum atomic E-state index is 0.278. The van der Waals surface area contributed by atoms with E-state index in [2.05, 4.69) is 6.07 Å². The molecule has 0 saturated carbocycles. The van der Waals surface area contributed by atoms with Gasteiger partial charge >= 0.3 is 0 Å². The summed E-state index contributed by atoms with van der Waals surface area (Å²) in [6.07, 6.45) is 0.